The predicted molar refractivity (Wildman–Crippen MR) is 388 cm³/mol. The first kappa shape index (κ1) is 55.6. The zero-order valence-electron chi connectivity index (χ0n) is 50.7. The molecular formula is C86H64BBrO2. The van der Waals surface area contributed by atoms with Gasteiger partial charge in [-0.2, -0.15) is 0 Å². The zero-order valence-corrected chi connectivity index (χ0v) is 52.3. The van der Waals surface area contributed by atoms with Crippen LogP contribution in [0.4, 0.5) is 0 Å². The van der Waals surface area contributed by atoms with Crippen molar-refractivity contribution in [2.45, 2.75) is 44.4 Å². The van der Waals surface area contributed by atoms with Crippen LogP contribution in [0.15, 0.2) is 296 Å². The first-order chi connectivity index (χ1) is 43.8. The molecule has 3 aliphatic rings. The van der Waals surface area contributed by atoms with Gasteiger partial charge in [0.25, 0.3) is 0 Å². The Labute approximate surface area is 534 Å². The Morgan fingerprint density at radius 3 is 1.40 bits per heavy atom. The van der Waals surface area contributed by atoms with Crippen LogP contribution in [0, 0.1) is 5.92 Å². The topological polar surface area (TPSA) is 40.5 Å². The van der Waals surface area contributed by atoms with Crippen LogP contribution in [0.1, 0.15) is 55.9 Å². The molecule has 0 fully saturated rings. The van der Waals surface area contributed by atoms with Gasteiger partial charge in [0.1, 0.15) is 0 Å². The minimum Gasteiger partial charge on any atom is -0.423 e. The van der Waals surface area contributed by atoms with Crippen molar-refractivity contribution in [3.63, 3.8) is 0 Å². The van der Waals surface area contributed by atoms with Crippen molar-refractivity contribution in [3.05, 3.63) is 318 Å². The number of rotatable bonds is 4. The number of hydrogen-bond acceptors (Lipinski definition) is 2. The fourth-order valence-electron chi connectivity index (χ4n) is 15.5. The molecule has 3 aliphatic carbocycles. The third kappa shape index (κ3) is 9.31. The van der Waals surface area contributed by atoms with Crippen molar-refractivity contribution in [1.82, 2.24) is 0 Å². The van der Waals surface area contributed by atoms with E-state index in [0.29, 0.717) is 17.3 Å². The van der Waals surface area contributed by atoms with E-state index in [-0.39, 0.29) is 10.8 Å². The van der Waals surface area contributed by atoms with Gasteiger partial charge in [-0.15, -0.1) is 0 Å². The summed E-state index contributed by atoms with van der Waals surface area (Å²) >= 11 is 3.56. The summed E-state index contributed by atoms with van der Waals surface area (Å²) in [7, 11) is -1.46. The third-order valence-corrected chi connectivity index (χ3v) is 20.6. The number of hydrogen-bond donors (Lipinski definition) is 2. The van der Waals surface area contributed by atoms with E-state index in [9.17, 15) is 10.0 Å². The highest BCUT2D eigenvalue weighted by molar-refractivity contribution is 9.10. The van der Waals surface area contributed by atoms with Gasteiger partial charge in [-0.3, -0.25) is 0 Å². The van der Waals surface area contributed by atoms with Crippen LogP contribution in [0.2, 0.25) is 0 Å². The van der Waals surface area contributed by atoms with Crippen LogP contribution >= 0.6 is 15.9 Å². The summed E-state index contributed by atoms with van der Waals surface area (Å²) in [6, 6.07) is 96.6. The third-order valence-electron chi connectivity index (χ3n) is 20.1. The van der Waals surface area contributed by atoms with Crippen molar-refractivity contribution < 1.29 is 10.0 Å². The highest BCUT2D eigenvalue weighted by atomic mass is 79.9. The summed E-state index contributed by atoms with van der Waals surface area (Å²) in [6.07, 6.45) is 9.21. The summed E-state index contributed by atoms with van der Waals surface area (Å²) in [6.45, 7) is 9.41. The molecule has 4 heteroatoms. The van der Waals surface area contributed by atoms with Crippen molar-refractivity contribution in [2.24, 2.45) is 5.92 Å². The van der Waals surface area contributed by atoms with E-state index in [4.69, 9.17) is 0 Å². The lowest BCUT2D eigenvalue weighted by Crippen LogP contribution is -2.29. The monoisotopic (exact) mass is 1220 g/mol. The molecular weight excluding hydrogens is 1160 g/mol. The molecule has 0 saturated heterocycles. The molecule has 18 rings (SSSR count). The minimum absolute atomic E-state index is 0.121. The standard InChI is InChI=1S/C43H32.C28H19BO2.C15H13Br/c1-43(2)40-14-8-7-12-36(40)37-22-21-31(26-41(37)43)29-16-17-30-24-32(19-18-28(30)23-29)39-25-33-20-15-27-9-3-4-10-34(27)42(33)38-13-6-5-11-35(38)39;30-29(31)23-14-13-19-15-21(11-10-20(19)16-23)27-17-22-12-9-18-5-1-2-6-24(18)28(22)26-8-4-3-7-25(26)27;1-15(2)13-6-4-3-5-11(13)12-8-7-10(16)9-14(12)15/h3-26,36,40H,1-2H3;1-17,30-31H;3-9H,1-2H3. The lowest BCUT2D eigenvalue weighted by molar-refractivity contribution is 0.394. The highest BCUT2D eigenvalue weighted by Crippen LogP contribution is 2.54. The maximum atomic E-state index is 9.47. The Morgan fingerprint density at radius 2 is 0.789 bits per heavy atom. The van der Waals surface area contributed by atoms with E-state index in [1.807, 2.05) is 12.1 Å². The van der Waals surface area contributed by atoms with Gasteiger partial charge >= 0.3 is 7.12 Å². The lowest BCUT2D eigenvalue weighted by Gasteiger charge is -2.29. The predicted octanol–water partition coefficient (Wildman–Crippen LogP) is 22.2. The second-order valence-electron chi connectivity index (χ2n) is 25.9. The van der Waals surface area contributed by atoms with Crippen molar-refractivity contribution in [1.29, 1.82) is 0 Å². The second-order valence-corrected chi connectivity index (χ2v) is 26.8. The lowest BCUT2D eigenvalue weighted by atomic mass is 9.74. The van der Waals surface area contributed by atoms with E-state index in [2.05, 4.69) is 317 Å². The van der Waals surface area contributed by atoms with Gasteiger partial charge in [-0.1, -0.05) is 292 Å². The molecule has 15 aromatic rings. The van der Waals surface area contributed by atoms with Gasteiger partial charge in [-0.25, -0.2) is 0 Å². The van der Waals surface area contributed by atoms with E-state index in [0.717, 1.165) is 20.8 Å². The first-order valence-electron chi connectivity index (χ1n) is 31.4. The van der Waals surface area contributed by atoms with Crippen LogP contribution < -0.4 is 5.46 Å². The summed E-state index contributed by atoms with van der Waals surface area (Å²) < 4.78 is 1.16. The molecule has 90 heavy (non-hydrogen) atoms. The minimum atomic E-state index is -1.46. The number of allylic oxidation sites excluding steroid dienone is 4. The molecule has 2 nitrogen and oxygen atoms in total. The molecule has 2 atom stereocenters. The number of halogens is 1. The molecule has 0 radical (unpaired) electrons. The van der Waals surface area contributed by atoms with Crippen LogP contribution in [0.5, 0.6) is 0 Å². The van der Waals surface area contributed by atoms with Crippen molar-refractivity contribution >= 4 is 115 Å². The molecule has 2 unspecified atom stereocenters. The molecule has 0 amide bonds. The molecule has 0 bridgehead atoms. The molecule has 0 aliphatic heterocycles. The fraction of sp³-hybridized carbons (Fsp3) is 0.0930. The summed E-state index contributed by atoms with van der Waals surface area (Å²) in [5.74, 6) is 1.02. The zero-order chi connectivity index (χ0) is 61.0. The maximum absolute atomic E-state index is 9.47. The van der Waals surface area contributed by atoms with Crippen molar-refractivity contribution in [3.8, 4) is 44.5 Å². The van der Waals surface area contributed by atoms with Crippen LogP contribution in [0.25, 0.3) is 131 Å². The van der Waals surface area contributed by atoms with E-state index < -0.39 is 7.12 Å². The van der Waals surface area contributed by atoms with Crippen LogP contribution in [-0.2, 0) is 10.8 Å². The second kappa shape index (κ2) is 21.8. The smallest absolute Gasteiger partial charge is 0.423 e. The fourth-order valence-corrected chi connectivity index (χ4v) is 15.8. The van der Waals surface area contributed by atoms with Crippen molar-refractivity contribution in [2.75, 3.05) is 0 Å². The summed E-state index contributed by atoms with van der Waals surface area (Å²) in [5, 5.41) is 38.9. The van der Waals surface area contributed by atoms with Crippen LogP contribution in [-0.4, -0.2) is 17.2 Å². The summed E-state index contributed by atoms with van der Waals surface area (Å²) in [4.78, 5) is 0. The van der Waals surface area contributed by atoms with Gasteiger partial charge < -0.3 is 10.0 Å². The van der Waals surface area contributed by atoms with E-state index in [1.54, 1.807) is 6.07 Å². The average Bonchev–Trinajstić information content (AvgIpc) is 1.02. The molecule has 0 saturated carbocycles. The first-order valence-corrected chi connectivity index (χ1v) is 32.2. The Balaban J connectivity index is 0.000000120. The molecule has 15 aromatic carbocycles. The van der Waals surface area contributed by atoms with Gasteiger partial charge in [0.2, 0.25) is 0 Å². The summed E-state index contributed by atoms with van der Waals surface area (Å²) in [5.41, 5.74) is 16.8. The Kier molecular flexibility index (Phi) is 13.5. The maximum Gasteiger partial charge on any atom is 0.488 e. The number of benzene rings is 15. The van der Waals surface area contributed by atoms with Gasteiger partial charge in [0.05, 0.1) is 0 Å². The Hall–Kier alpha value is -9.68. The average molecular weight is 1220 g/mol. The van der Waals surface area contributed by atoms with E-state index >= 15 is 0 Å². The SMILES string of the molecule is CC1(C)c2cc(-c3ccc4cc(-c5cc6ccc7ccccc7c6c6ccccc56)ccc4c3)ccc2C2C=CC=CC21.CC1(C)c2ccccc2-c2ccc(Br)cc21.OB(O)c1ccc2cc(-c3cc4ccc5ccccc5c4c4ccccc34)ccc2c1. The largest absolute Gasteiger partial charge is 0.488 e. The molecule has 0 heterocycles. The normalized spacial score (nSPS) is 15.6. The van der Waals surface area contributed by atoms with Gasteiger partial charge in [0, 0.05) is 15.8 Å². The Morgan fingerprint density at radius 1 is 0.333 bits per heavy atom. The molecule has 430 valence electrons. The Bertz CT molecular complexity index is 5510. The molecule has 0 spiro atoms. The molecule has 0 aromatic heterocycles. The van der Waals surface area contributed by atoms with E-state index in [1.165, 1.54) is 137 Å². The highest BCUT2D eigenvalue weighted by Gasteiger charge is 2.44. The van der Waals surface area contributed by atoms with Gasteiger partial charge in [0.15, 0.2) is 0 Å². The number of fused-ring (bicyclic) bond motifs is 18. The molecule has 2 N–H and O–H groups in total. The van der Waals surface area contributed by atoms with Crippen LogP contribution in [0.3, 0.4) is 0 Å². The quantitative estimate of drug-likeness (QED) is 0.136. The van der Waals surface area contributed by atoms with Gasteiger partial charge in [-0.05, 0) is 212 Å².